The summed E-state index contributed by atoms with van der Waals surface area (Å²) in [4.78, 5) is 14.6. The molecule has 2 aliphatic rings. The number of anilines is 2. The fourth-order valence-corrected chi connectivity index (χ4v) is 4.58. The van der Waals surface area contributed by atoms with E-state index in [1.165, 1.54) is 24.6 Å². The molecule has 26 heavy (non-hydrogen) atoms. The third-order valence-corrected chi connectivity index (χ3v) is 6.23. The Labute approximate surface area is 169 Å². The van der Waals surface area contributed by atoms with Crippen LogP contribution >= 0.6 is 39.3 Å². The van der Waals surface area contributed by atoms with Crippen LogP contribution < -0.4 is 10.2 Å². The first kappa shape index (κ1) is 18.1. The maximum atomic E-state index is 12.3. The quantitative estimate of drug-likeness (QED) is 0.654. The van der Waals surface area contributed by atoms with Gasteiger partial charge in [-0.15, -0.1) is 10.2 Å². The molecule has 0 radical (unpaired) electrons. The lowest BCUT2D eigenvalue weighted by Gasteiger charge is -2.17. The lowest BCUT2D eigenvalue weighted by Crippen LogP contribution is -2.22. The van der Waals surface area contributed by atoms with Gasteiger partial charge in [0.25, 0.3) is 0 Å². The summed E-state index contributed by atoms with van der Waals surface area (Å²) in [6, 6.07) is 5.87. The molecule has 1 amide bonds. The Kier molecular flexibility index (Phi) is 5.42. The number of thioether (sulfide) groups is 1. The number of nitrogens with one attached hydrogen (secondary N) is 1. The van der Waals surface area contributed by atoms with Gasteiger partial charge < -0.3 is 10.2 Å². The fourth-order valence-electron chi connectivity index (χ4n) is 3.06. The van der Waals surface area contributed by atoms with Crippen molar-refractivity contribution in [2.45, 2.75) is 36.9 Å². The lowest BCUT2D eigenvalue weighted by molar-refractivity contribution is -0.113. The van der Waals surface area contributed by atoms with E-state index in [0.29, 0.717) is 16.8 Å². The number of aromatic nitrogens is 3. The number of rotatable bonds is 6. The van der Waals surface area contributed by atoms with Crippen molar-refractivity contribution in [3.63, 3.8) is 0 Å². The second kappa shape index (κ2) is 7.78. The molecule has 1 aromatic heterocycles. The highest BCUT2D eigenvalue weighted by molar-refractivity contribution is 9.10. The summed E-state index contributed by atoms with van der Waals surface area (Å²) in [5.74, 6) is 1.13. The first-order chi connectivity index (χ1) is 12.6. The Morgan fingerprint density at radius 1 is 1.31 bits per heavy atom. The van der Waals surface area contributed by atoms with Gasteiger partial charge in [-0.3, -0.25) is 9.36 Å². The van der Waals surface area contributed by atoms with Gasteiger partial charge in [0.05, 0.1) is 16.5 Å². The zero-order valence-electron chi connectivity index (χ0n) is 14.1. The zero-order valence-corrected chi connectivity index (χ0v) is 17.3. The normalized spacial score (nSPS) is 16.9. The van der Waals surface area contributed by atoms with Gasteiger partial charge >= 0.3 is 0 Å². The number of halogens is 2. The van der Waals surface area contributed by atoms with Crippen LogP contribution in [0.4, 0.5) is 11.6 Å². The van der Waals surface area contributed by atoms with Crippen molar-refractivity contribution in [1.82, 2.24) is 14.8 Å². The summed E-state index contributed by atoms with van der Waals surface area (Å²) < 4.78 is 3.09. The number of carbonyl (C=O) groups is 1. The monoisotopic (exact) mass is 455 g/mol. The molecule has 6 nitrogen and oxygen atoms in total. The van der Waals surface area contributed by atoms with E-state index < -0.39 is 0 Å². The Hall–Kier alpha value is -1.25. The van der Waals surface area contributed by atoms with Gasteiger partial charge in [-0.1, -0.05) is 39.3 Å². The zero-order chi connectivity index (χ0) is 18.1. The van der Waals surface area contributed by atoms with Crippen LogP contribution in [-0.4, -0.2) is 39.5 Å². The maximum Gasteiger partial charge on any atom is 0.234 e. The van der Waals surface area contributed by atoms with Crippen LogP contribution in [0.15, 0.2) is 27.8 Å². The van der Waals surface area contributed by atoms with Crippen LogP contribution in [-0.2, 0) is 4.79 Å². The van der Waals surface area contributed by atoms with Crippen molar-refractivity contribution >= 4 is 56.8 Å². The molecule has 2 heterocycles. The number of benzene rings is 1. The Bertz CT molecular complexity index is 819. The molecule has 4 rings (SSSR count). The molecule has 1 saturated carbocycles. The second-order valence-corrected chi connectivity index (χ2v) is 8.80. The van der Waals surface area contributed by atoms with Crippen LogP contribution in [0.25, 0.3) is 0 Å². The van der Waals surface area contributed by atoms with Gasteiger partial charge in [0, 0.05) is 23.6 Å². The van der Waals surface area contributed by atoms with Crippen molar-refractivity contribution in [2.75, 3.05) is 29.1 Å². The van der Waals surface area contributed by atoms with Gasteiger partial charge in [0.2, 0.25) is 11.9 Å². The van der Waals surface area contributed by atoms with Gasteiger partial charge in [0.15, 0.2) is 5.16 Å². The van der Waals surface area contributed by atoms with E-state index >= 15 is 0 Å². The smallest absolute Gasteiger partial charge is 0.234 e. The van der Waals surface area contributed by atoms with E-state index in [1.54, 1.807) is 12.1 Å². The maximum absolute atomic E-state index is 12.3. The van der Waals surface area contributed by atoms with E-state index in [2.05, 4.69) is 40.9 Å². The molecule has 138 valence electrons. The summed E-state index contributed by atoms with van der Waals surface area (Å²) in [5.41, 5.74) is 0.613. The highest BCUT2D eigenvalue weighted by Gasteiger charge is 2.32. The summed E-state index contributed by atoms with van der Waals surface area (Å²) in [5, 5.41) is 12.9. The van der Waals surface area contributed by atoms with Crippen LogP contribution in [0.2, 0.25) is 5.02 Å². The van der Waals surface area contributed by atoms with Crippen LogP contribution in [0.3, 0.4) is 0 Å². The molecule has 0 bridgehead atoms. The highest BCUT2D eigenvalue weighted by Crippen LogP contribution is 2.41. The van der Waals surface area contributed by atoms with Crippen molar-refractivity contribution in [3.05, 3.63) is 27.7 Å². The third kappa shape index (κ3) is 4.02. The highest BCUT2D eigenvalue weighted by atomic mass is 79.9. The summed E-state index contributed by atoms with van der Waals surface area (Å²) >= 11 is 10.9. The van der Waals surface area contributed by atoms with E-state index in [9.17, 15) is 4.79 Å². The second-order valence-electron chi connectivity index (χ2n) is 6.54. The molecular formula is C17H19BrClN5OS. The molecule has 1 aromatic carbocycles. The number of nitrogens with zero attached hydrogens (tertiary/aromatic N) is 4. The van der Waals surface area contributed by atoms with Crippen molar-refractivity contribution in [3.8, 4) is 0 Å². The minimum Gasteiger partial charge on any atom is -0.341 e. The van der Waals surface area contributed by atoms with Gasteiger partial charge in [-0.25, -0.2) is 0 Å². The van der Waals surface area contributed by atoms with Crippen LogP contribution in [0.5, 0.6) is 0 Å². The Morgan fingerprint density at radius 3 is 2.77 bits per heavy atom. The Morgan fingerprint density at radius 2 is 2.08 bits per heavy atom. The molecule has 2 fully saturated rings. The first-order valence-corrected chi connectivity index (χ1v) is 10.8. The largest absolute Gasteiger partial charge is 0.341 e. The summed E-state index contributed by atoms with van der Waals surface area (Å²) in [6.07, 6.45) is 4.73. The summed E-state index contributed by atoms with van der Waals surface area (Å²) in [7, 11) is 0. The fraction of sp³-hybridized carbons (Fsp3) is 0.471. The average molecular weight is 457 g/mol. The molecule has 0 unspecified atom stereocenters. The molecule has 0 spiro atoms. The predicted octanol–water partition coefficient (Wildman–Crippen LogP) is 4.36. The van der Waals surface area contributed by atoms with Crippen molar-refractivity contribution in [1.29, 1.82) is 0 Å². The molecule has 1 N–H and O–H groups in total. The number of amides is 1. The van der Waals surface area contributed by atoms with E-state index in [0.717, 1.165) is 41.5 Å². The average Bonchev–Trinajstić information content (AvgIpc) is 3.14. The van der Waals surface area contributed by atoms with Gasteiger partial charge in [-0.2, -0.15) is 0 Å². The number of hydrogen-bond donors (Lipinski definition) is 1. The predicted molar refractivity (Wildman–Crippen MR) is 108 cm³/mol. The van der Waals surface area contributed by atoms with Crippen molar-refractivity contribution in [2.24, 2.45) is 0 Å². The molecule has 2 aromatic rings. The summed E-state index contributed by atoms with van der Waals surface area (Å²) in [6.45, 7) is 2.08. The van der Waals surface area contributed by atoms with Crippen LogP contribution in [0.1, 0.15) is 31.7 Å². The minimum atomic E-state index is -0.104. The van der Waals surface area contributed by atoms with E-state index in [4.69, 9.17) is 11.6 Å². The van der Waals surface area contributed by atoms with Gasteiger partial charge in [-0.05, 0) is 43.9 Å². The topological polar surface area (TPSA) is 63.1 Å². The first-order valence-electron chi connectivity index (χ1n) is 8.69. The van der Waals surface area contributed by atoms with E-state index in [-0.39, 0.29) is 11.7 Å². The van der Waals surface area contributed by atoms with Gasteiger partial charge in [0.1, 0.15) is 0 Å². The Balaban J connectivity index is 1.42. The standard InChI is InChI=1S/C17H19BrClN5OS/c18-11-3-6-14(13(19)9-11)20-15(25)10-26-17-22-21-16(23-7-1-2-8-23)24(17)12-4-5-12/h3,6,9,12H,1-2,4-5,7-8,10H2,(H,20,25). The molecule has 1 aliphatic carbocycles. The number of carbonyl (C=O) groups excluding carboxylic acids is 1. The third-order valence-electron chi connectivity index (χ3n) is 4.49. The van der Waals surface area contributed by atoms with E-state index in [1.807, 2.05) is 6.07 Å². The molecule has 1 saturated heterocycles. The molecule has 1 aliphatic heterocycles. The number of hydrogen-bond acceptors (Lipinski definition) is 5. The lowest BCUT2D eigenvalue weighted by atomic mass is 10.3. The SMILES string of the molecule is O=C(CSc1nnc(N2CCCC2)n1C1CC1)Nc1ccc(Br)cc1Cl. The molecule has 9 heteroatoms. The minimum absolute atomic E-state index is 0.104. The van der Waals surface area contributed by atoms with Crippen LogP contribution in [0, 0.1) is 0 Å². The molecule has 0 atom stereocenters. The van der Waals surface area contributed by atoms with Crippen molar-refractivity contribution < 1.29 is 4.79 Å². The molecular weight excluding hydrogens is 438 g/mol.